The zero-order valence-corrected chi connectivity index (χ0v) is 28.2. The van der Waals surface area contributed by atoms with Gasteiger partial charge in [-0.1, -0.05) is 55.4 Å². The summed E-state index contributed by atoms with van der Waals surface area (Å²) in [7, 11) is 3.30. The number of rotatable bonds is 12. The molecule has 0 bridgehead atoms. The van der Waals surface area contributed by atoms with E-state index in [9.17, 15) is 9.59 Å². The standard InChI is InChI=1S/C19H31NO3.C15H23NO3/c1-12(2)15-9-14(11-22-8)20-18(13(3)4)16(15)10-17(21)23-19(5,6)7;1-9(2)12-6-11(8-19-5)16-15(10(3)4)13(12)7-14(17)18/h9,12-13H,10-11H2,1-8H3;6,9-10H,7-8H2,1-5H3,(H,17,18). The summed E-state index contributed by atoms with van der Waals surface area (Å²) in [6.07, 6.45) is 0.292. The fourth-order valence-corrected chi connectivity index (χ4v) is 4.83. The van der Waals surface area contributed by atoms with Crippen molar-refractivity contribution in [1.82, 2.24) is 9.97 Å². The molecule has 0 amide bonds. The van der Waals surface area contributed by atoms with Gasteiger partial charge in [0.05, 0.1) is 37.4 Å². The number of methoxy groups -OCH3 is 2. The first-order valence-electron chi connectivity index (χ1n) is 14.9. The molecular weight excluding hydrogens is 532 g/mol. The Kier molecular flexibility index (Phi) is 14.8. The first-order valence-corrected chi connectivity index (χ1v) is 14.9. The summed E-state index contributed by atoms with van der Waals surface area (Å²) in [6.45, 7) is 23.3. The zero-order valence-electron chi connectivity index (χ0n) is 28.2. The summed E-state index contributed by atoms with van der Waals surface area (Å²) in [5.41, 5.74) is 7.22. The molecule has 0 spiro atoms. The van der Waals surface area contributed by atoms with E-state index in [2.05, 4.69) is 52.6 Å². The van der Waals surface area contributed by atoms with E-state index in [0.717, 1.165) is 45.0 Å². The first kappa shape index (κ1) is 37.2. The molecule has 0 saturated carbocycles. The van der Waals surface area contributed by atoms with Crippen molar-refractivity contribution in [2.24, 2.45) is 0 Å². The lowest BCUT2D eigenvalue weighted by Crippen LogP contribution is -2.26. The van der Waals surface area contributed by atoms with Crippen molar-refractivity contribution in [3.05, 3.63) is 57.2 Å². The molecule has 2 heterocycles. The smallest absolute Gasteiger partial charge is 0.310 e. The maximum absolute atomic E-state index is 12.3. The van der Waals surface area contributed by atoms with Crippen molar-refractivity contribution in [3.63, 3.8) is 0 Å². The number of carboxylic acids is 1. The van der Waals surface area contributed by atoms with Crippen molar-refractivity contribution in [1.29, 1.82) is 0 Å². The number of ether oxygens (including phenoxy) is 3. The Morgan fingerprint density at radius 3 is 1.38 bits per heavy atom. The van der Waals surface area contributed by atoms with E-state index in [-0.39, 0.29) is 36.6 Å². The summed E-state index contributed by atoms with van der Waals surface area (Å²) >= 11 is 0. The van der Waals surface area contributed by atoms with Crippen molar-refractivity contribution in [3.8, 4) is 0 Å². The van der Waals surface area contributed by atoms with Crippen molar-refractivity contribution in [2.75, 3.05) is 14.2 Å². The molecule has 0 radical (unpaired) electrons. The van der Waals surface area contributed by atoms with Crippen LogP contribution >= 0.6 is 0 Å². The third-order valence-electron chi connectivity index (χ3n) is 6.48. The second-order valence-corrected chi connectivity index (χ2v) is 13.0. The molecule has 2 aromatic heterocycles. The predicted octanol–water partition coefficient (Wildman–Crippen LogP) is 7.46. The molecule has 8 nitrogen and oxygen atoms in total. The lowest BCUT2D eigenvalue weighted by molar-refractivity contribution is -0.154. The second-order valence-electron chi connectivity index (χ2n) is 13.0. The van der Waals surface area contributed by atoms with Crippen molar-refractivity contribution in [2.45, 2.75) is 131 Å². The van der Waals surface area contributed by atoms with E-state index >= 15 is 0 Å². The maximum atomic E-state index is 12.3. The Hall–Kier alpha value is -2.84. The van der Waals surface area contributed by atoms with Crippen LogP contribution in [0.25, 0.3) is 0 Å². The largest absolute Gasteiger partial charge is 0.481 e. The number of aromatic nitrogens is 2. The van der Waals surface area contributed by atoms with Crippen LogP contribution in [0.2, 0.25) is 0 Å². The topological polar surface area (TPSA) is 108 Å². The SMILES string of the molecule is COCc1cc(C(C)C)c(CC(=O)O)c(C(C)C)n1.COCc1cc(C(C)C)c(CC(=O)OC(C)(C)C)c(C(C)C)n1. The summed E-state index contributed by atoms with van der Waals surface area (Å²) in [4.78, 5) is 32.7. The molecule has 0 saturated heterocycles. The molecule has 0 aliphatic rings. The molecule has 0 fully saturated rings. The van der Waals surface area contributed by atoms with E-state index in [1.165, 1.54) is 0 Å². The summed E-state index contributed by atoms with van der Waals surface area (Å²) in [6, 6.07) is 4.03. The average molecular weight is 587 g/mol. The van der Waals surface area contributed by atoms with Crippen LogP contribution in [0, 0.1) is 0 Å². The van der Waals surface area contributed by atoms with Crippen LogP contribution in [0.3, 0.4) is 0 Å². The third kappa shape index (κ3) is 11.8. The van der Waals surface area contributed by atoms with E-state index in [1.807, 2.05) is 40.7 Å². The number of pyridine rings is 2. The number of hydrogen-bond acceptors (Lipinski definition) is 7. The molecule has 8 heteroatoms. The number of aliphatic carboxylic acids is 1. The molecule has 1 N–H and O–H groups in total. The molecule has 2 aromatic rings. The minimum absolute atomic E-state index is 0.0291. The van der Waals surface area contributed by atoms with Gasteiger partial charge in [-0.15, -0.1) is 0 Å². The summed E-state index contributed by atoms with van der Waals surface area (Å²) in [5, 5.41) is 9.10. The van der Waals surface area contributed by atoms with Crippen molar-refractivity contribution >= 4 is 11.9 Å². The minimum Gasteiger partial charge on any atom is -0.481 e. The highest BCUT2D eigenvalue weighted by Crippen LogP contribution is 2.30. The van der Waals surface area contributed by atoms with Crippen LogP contribution in [0.5, 0.6) is 0 Å². The monoisotopic (exact) mass is 586 g/mol. The molecule has 236 valence electrons. The number of esters is 1. The minimum atomic E-state index is -0.815. The number of carbonyl (C=O) groups excluding carboxylic acids is 1. The fourth-order valence-electron chi connectivity index (χ4n) is 4.83. The average Bonchev–Trinajstić information content (AvgIpc) is 2.84. The Morgan fingerprint density at radius 2 is 1.10 bits per heavy atom. The molecule has 0 aromatic carbocycles. The second kappa shape index (κ2) is 16.7. The predicted molar refractivity (Wildman–Crippen MR) is 167 cm³/mol. The van der Waals surface area contributed by atoms with Gasteiger partial charge in [0.1, 0.15) is 5.60 Å². The molecule has 0 unspecified atom stereocenters. The molecule has 0 atom stereocenters. The highest BCUT2D eigenvalue weighted by Gasteiger charge is 2.23. The lowest BCUT2D eigenvalue weighted by Gasteiger charge is -2.23. The third-order valence-corrected chi connectivity index (χ3v) is 6.48. The molecule has 0 aliphatic carbocycles. The van der Waals surface area contributed by atoms with Gasteiger partial charge in [-0.05, 0) is 78.8 Å². The normalized spacial score (nSPS) is 11.7. The van der Waals surface area contributed by atoms with Crippen LogP contribution in [-0.4, -0.2) is 46.8 Å². The van der Waals surface area contributed by atoms with Gasteiger partial charge in [0.25, 0.3) is 0 Å². The van der Waals surface area contributed by atoms with Gasteiger partial charge in [-0.2, -0.15) is 0 Å². The quantitative estimate of drug-likeness (QED) is 0.255. The van der Waals surface area contributed by atoms with Crippen LogP contribution < -0.4 is 0 Å². The number of hydrogen-bond donors (Lipinski definition) is 1. The number of carboxylic acid groups (broad SMARTS) is 1. The van der Waals surface area contributed by atoms with Crippen LogP contribution in [0.15, 0.2) is 12.1 Å². The Balaban J connectivity index is 0.000000428. The van der Waals surface area contributed by atoms with Gasteiger partial charge in [-0.25, -0.2) is 0 Å². The first-order chi connectivity index (χ1) is 19.4. The molecule has 42 heavy (non-hydrogen) atoms. The maximum Gasteiger partial charge on any atom is 0.310 e. The van der Waals surface area contributed by atoms with Crippen molar-refractivity contribution < 1.29 is 28.9 Å². The van der Waals surface area contributed by atoms with Gasteiger partial charge < -0.3 is 19.3 Å². The number of carbonyl (C=O) groups is 2. The molecule has 0 aliphatic heterocycles. The number of nitrogens with zero attached hydrogens (tertiary/aromatic N) is 2. The highest BCUT2D eigenvalue weighted by atomic mass is 16.6. The molecular formula is C34H54N2O6. The van der Waals surface area contributed by atoms with E-state index in [0.29, 0.717) is 19.1 Å². The Bertz CT molecular complexity index is 1120. The van der Waals surface area contributed by atoms with Gasteiger partial charge in [0.2, 0.25) is 0 Å². The van der Waals surface area contributed by atoms with Crippen LogP contribution in [0.4, 0.5) is 0 Å². The Morgan fingerprint density at radius 1 is 0.714 bits per heavy atom. The highest BCUT2D eigenvalue weighted by molar-refractivity contribution is 5.74. The Labute approximate surface area is 253 Å². The van der Waals surface area contributed by atoms with Gasteiger partial charge in [0.15, 0.2) is 0 Å². The van der Waals surface area contributed by atoms with E-state index in [4.69, 9.17) is 24.3 Å². The van der Waals surface area contributed by atoms with E-state index < -0.39 is 11.6 Å². The summed E-state index contributed by atoms with van der Waals surface area (Å²) in [5.74, 6) is -0.00733. The molecule has 2 rings (SSSR count). The lowest BCUT2D eigenvalue weighted by atomic mass is 9.90. The van der Waals surface area contributed by atoms with Crippen LogP contribution in [0.1, 0.15) is 145 Å². The van der Waals surface area contributed by atoms with Crippen LogP contribution in [-0.2, 0) is 49.9 Å². The van der Waals surface area contributed by atoms with Gasteiger partial charge in [0, 0.05) is 25.6 Å². The fraction of sp³-hybridized carbons (Fsp3) is 0.647. The van der Waals surface area contributed by atoms with E-state index in [1.54, 1.807) is 14.2 Å². The zero-order chi connectivity index (χ0) is 32.4. The van der Waals surface area contributed by atoms with Gasteiger partial charge in [-0.3, -0.25) is 19.6 Å². The summed E-state index contributed by atoms with van der Waals surface area (Å²) < 4.78 is 15.9. The van der Waals surface area contributed by atoms with Gasteiger partial charge >= 0.3 is 11.9 Å².